The van der Waals surface area contributed by atoms with Crippen molar-refractivity contribution in [2.24, 2.45) is 0 Å². The third kappa shape index (κ3) is 1.94. The van der Waals surface area contributed by atoms with Gasteiger partial charge in [-0.15, -0.1) is 0 Å². The molecule has 5 heteroatoms. The second kappa shape index (κ2) is 3.68. The first-order valence-electron chi connectivity index (χ1n) is 3.37. The Hall–Kier alpha value is -1.20. The van der Waals surface area contributed by atoms with E-state index in [4.69, 9.17) is 13.1 Å². The molecule has 1 rings (SSSR count). The van der Waals surface area contributed by atoms with Gasteiger partial charge in [-0.25, -0.2) is 4.98 Å². The van der Waals surface area contributed by atoms with Crippen LogP contribution < -0.4 is 10.9 Å². The van der Waals surface area contributed by atoms with E-state index in [0.717, 1.165) is 6.07 Å². The average Bonchev–Trinajstić information content (AvgIpc) is 2.10. The maximum Gasteiger partial charge on any atom is 0.213 e. The minimum absolute atomic E-state index is 0.127. The Morgan fingerprint density at radius 1 is 1.77 bits per heavy atom. The van der Waals surface area contributed by atoms with Gasteiger partial charge in [0.05, 0.1) is 17.1 Å². The quantitative estimate of drug-likeness (QED) is 0.271. The fraction of sp³-hybridized carbons (Fsp3) is 0. The Bertz CT molecular complexity index is 411. The van der Waals surface area contributed by atoms with Crippen LogP contribution in [0.15, 0.2) is 12.6 Å². The Balaban J connectivity index is 3.38. The topological polar surface area (TPSA) is 36.7 Å². The van der Waals surface area contributed by atoms with E-state index in [1.54, 1.807) is 6.07 Å². The van der Waals surface area contributed by atoms with Crippen molar-refractivity contribution in [3.63, 3.8) is 0 Å². The Morgan fingerprint density at radius 3 is 2.92 bits per heavy atom. The average molecular weight is 190 g/mol. The van der Waals surface area contributed by atoms with Crippen LogP contribution in [-0.2, 0) is 0 Å². The third-order valence-electron chi connectivity index (χ3n) is 1.52. The van der Waals surface area contributed by atoms with Gasteiger partial charge < -0.3 is 0 Å². The molecule has 0 N–H and O–H groups in total. The van der Waals surface area contributed by atoms with Crippen molar-refractivity contribution >= 4 is 33.6 Å². The number of halogens is 1. The number of allylic oxidation sites excluding steroid dienone is 1. The fourth-order valence-electron chi connectivity index (χ4n) is 0.852. The highest BCUT2D eigenvalue weighted by atomic mass is 31.0. The molecule has 62 valence electrons. The lowest BCUT2D eigenvalue weighted by Crippen LogP contribution is -2.27. The van der Waals surface area contributed by atoms with Crippen LogP contribution in [0.1, 0.15) is 5.56 Å². The van der Waals surface area contributed by atoms with E-state index in [2.05, 4.69) is 20.8 Å². The van der Waals surface area contributed by atoms with E-state index in [9.17, 15) is 4.39 Å². The minimum Gasteiger partial charge on any atom is -0.221 e. The van der Waals surface area contributed by atoms with Crippen LogP contribution in [0.2, 0.25) is 0 Å². The number of aromatic nitrogens is 1. The maximum atomic E-state index is 12.8. The summed E-state index contributed by atoms with van der Waals surface area (Å²) in [6, 6.07) is 2.89. The lowest BCUT2D eigenvalue weighted by atomic mass is 9.89. The molecule has 0 aliphatic carbocycles. The summed E-state index contributed by atoms with van der Waals surface area (Å²) >= 11 is 0. The summed E-state index contributed by atoms with van der Waals surface area (Å²) in [4.78, 5) is 3.47. The van der Waals surface area contributed by atoms with E-state index in [1.807, 2.05) is 0 Å². The molecule has 0 aliphatic rings. The van der Waals surface area contributed by atoms with Crippen LogP contribution >= 0.6 is 9.24 Å². The molecule has 13 heavy (non-hydrogen) atoms. The molecule has 0 spiro atoms. The van der Waals surface area contributed by atoms with Crippen LogP contribution in [0, 0.1) is 17.3 Å². The predicted octanol–water partition coefficient (Wildman–Crippen LogP) is 0.0517. The van der Waals surface area contributed by atoms with Crippen molar-refractivity contribution in [3.8, 4) is 6.07 Å². The maximum absolute atomic E-state index is 12.8. The van der Waals surface area contributed by atoms with Gasteiger partial charge in [0.1, 0.15) is 7.85 Å². The first-order chi connectivity index (χ1) is 6.06. The van der Waals surface area contributed by atoms with E-state index >= 15 is 0 Å². The monoisotopic (exact) mass is 190 g/mol. The summed E-state index contributed by atoms with van der Waals surface area (Å²) in [5.74, 6) is -0.675. The normalized spacial score (nSPS) is 9.31. The van der Waals surface area contributed by atoms with E-state index < -0.39 is 5.95 Å². The van der Waals surface area contributed by atoms with Gasteiger partial charge in [0.15, 0.2) is 0 Å². The van der Waals surface area contributed by atoms with Gasteiger partial charge in [0, 0.05) is 6.07 Å². The molecule has 1 heterocycles. The van der Waals surface area contributed by atoms with Gasteiger partial charge in [-0.3, -0.25) is 0 Å². The van der Waals surface area contributed by atoms with Crippen molar-refractivity contribution in [1.29, 1.82) is 5.26 Å². The first-order valence-corrected chi connectivity index (χ1v) is 3.95. The second-order valence-corrected chi connectivity index (χ2v) is 2.93. The number of nitrogens with zero attached hydrogens (tertiary/aromatic N) is 2. The minimum atomic E-state index is -0.675. The lowest BCUT2D eigenvalue weighted by molar-refractivity contribution is 0.587. The zero-order valence-corrected chi connectivity index (χ0v) is 7.87. The summed E-state index contributed by atoms with van der Waals surface area (Å²) < 4.78 is 12.8. The lowest BCUT2D eigenvalue weighted by Gasteiger charge is -2.05. The van der Waals surface area contributed by atoms with Crippen molar-refractivity contribution in [2.75, 3.05) is 0 Å². The molecule has 0 amide bonds. The molecule has 0 bridgehead atoms. The van der Waals surface area contributed by atoms with Crippen molar-refractivity contribution in [2.45, 2.75) is 0 Å². The zero-order chi connectivity index (χ0) is 10.0. The summed E-state index contributed by atoms with van der Waals surface area (Å²) in [6.45, 7) is 3.44. The van der Waals surface area contributed by atoms with Crippen LogP contribution in [0.5, 0.6) is 0 Å². The fourth-order valence-corrected chi connectivity index (χ4v) is 1.13. The van der Waals surface area contributed by atoms with Crippen LogP contribution in [0.25, 0.3) is 5.57 Å². The van der Waals surface area contributed by atoms with E-state index in [0.29, 0.717) is 5.56 Å². The summed E-state index contributed by atoms with van der Waals surface area (Å²) in [7, 11) is 7.76. The molecule has 0 aromatic carbocycles. The molecule has 1 atom stereocenters. The predicted molar refractivity (Wildman–Crippen MR) is 53.6 cm³/mol. The zero-order valence-electron chi connectivity index (χ0n) is 6.71. The van der Waals surface area contributed by atoms with Crippen LogP contribution in [-0.4, -0.2) is 12.8 Å². The van der Waals surface area contributed by atoms with Gasteiger partial charge in [-0.1, -0.05) is 21.3 Å². The van der Waals surface area contributed by atoms with Crippen LogP contribution in [0.3, 0.4) is 0 Å². The number of hydrogen-bond donors (Lipinski definition) is 0. The number of hydrogen-bond acceptors (Lipinski definition) is 2. The Labute approximate surface area is 79.1 Å². The van der Waals surface area contributed by atoms with Crippen LogP contribution in [0.4, 0.5) is 4.39 Å². The van der Waals surface area contributed by atoms with E-state index in [-0.39, 0.29) is 16.5 Å². The molecule has 1 aromatic heterocycles. The molecular weight excluding hydrogens is 185 g/mol. The summed E-state index contributed by atoms with van der Waals surface area (Å²) in [5.41, 5.74) is 0.965. The first kappa shape index (κ1) is 9.89. The molecule has 1 aromatic rings. The summed E-state index contributed by atoms with van der Waals surface area (Å²) in [6.07, 6.45) is 0. The number of rotatable bonds is 1. The third-order valence-corrected chi connectivity index (χ3v) is 1.96. The molecule has 2 radical (unpaired) electrons. The smallest absolute Gasteiger partial charge is 0.213 e. The van der Waals surface area contributed by atoms with Crippen molar-refractivity contribution < 1.29 is 4.39 Å². The van der Waals surface area contributed by atoms with Gasteiger partial charge in [-0.2, -0.15) is 9.65 Å². The molecular formula is C8H5BFN2P. The Kier molecular flexibility index (Phi) is 2.80. The molecule has 1 unspecified atom stereocenters. The standard InChI is InChI=1S/C8H5BFN2P/c1-4(3-11)5-2-6(10)12-8(13)7(5)9/h2H,1,13H2. The molecule has 0 fully saturated rings. The molecule has 0 aliphatic heterocycles. The van der Waals surface area contributed by atoms with Gasteiger partial charge in [0.2, 0.25) is 5.95 Å². The van der Waals surface area contributed by atoms with Crippen molar-refractivity contribution in [3.05, 3.63) is 24.2 Å². The molecule has 2 nitrogen and oxygen atoms in total. The number of pyridine rings is 1. The summed E-state index contributed by atoms with van der Waals surface area (Å²) in [5, 5.41) is 8.54. The Morgan fingerprint density at radius 2 is 2.38 bits per heavy atom. The second-order valence-electron chi connectivity index (χ2n) is 2.38. The molecule has 0 saturated carbocycles. The molecule has 0 saturated heterocycles. The highest BCUT2D eigenvalue weighted by Crippen LogP contribution is 2.08. The SMILES string of the molecule is [B]c1c(C(=C)C#N)cc(F)nc1P. The van der Waals surface area contributed by atoms with Crippen molar-refractivity contribution in [1.82, 2.24) is 4.98 Å². The highest BCUT2D eigenvalue weighted by Gasteiger charge is 2.07. The van der Waals surface area contributed by atoms with Gasteiger partial charge in [0.25, 0.3) is 0 Å². The largest absolute Gasteiger partial charge is 0.221 e. The highest BCUT2D eigenvalue weighted by molar-refractivity contribution is 7.28. The van der Waals surface area contributed by atoms with E-state index in [1.165, 1.54) is 0 Å². The number of nitriles is 1. The van der Waals surface area contributed by atoms with Gasteiger partial charge >= 0.3 is 0 Å². The van der Waals surface area contributed by atoms with Gasteiger partial charge in [-0.05, 0) is 5.56 Å².